The lowest BCUT2D eigenvalue weighted by molar-refractivity contribution is -0.170. The van der Waals surface area contributed by atoms with Crippen molar-refractivity contribution < 1.29 is 18.7 Å². The van der Waals surface area contributed by atoms with Crippen molar-refractivity contribution in [1.82, 2.24) is 4.90 Å². The first-order valence-electron chi connectivity index (χ1n) is 12.4. The molecule has 0 aromatic heterocycles. The lowest BCUT2D eigenvalue weighted by atomic mass is 9.44. The number of fused-ring (bicyclic) bond motifs is 5. The fraction of sp³-hybridized carbons (Fsp3) is 0.704. The molecule has 3 aliphatic carbocycles. The van der Waals surface area contributed by atoms with Gasteiger partial charge < -0.3 is 9.64 Å². The third-order valence-electron chi connectivity index (χ3n) is 10.3. The van der Waals surface area contributed by atoms with Crippen LogP contribution in [0.1, 0.15) is 65.7 Å². The van der Waals surface area contributed by atoms with Crippen LogP contribution in [-0.2, 0) is 9.59 Å². The number of hydrogen-bond donors (Lipinski definition) is 0. The van der Waals surface area contributed by atoms with E-state index < -0.39 is 5.82 Å². The van der Waals surface area contributed by atoms with E-state index in [1.165, 1.54) is 12.1 Å². The van der Waals surface area contributed by atoms with E-state index in [-0.39, 0.29) is 34.4 Å². The summed E-state index contributed by atoms with van der Waals surface area (Å²) in [6.45, 7) is 7.07. The third-order valence-corrected chi connectivity index (χ3v) is 10.3. The number of benzene rings is 1. The van der Waals surface area contributed by atoms with Gasteiger partial charge >= 0.3 is 5.97 Å². The Kier molecular flexibility index (Phi) is 5.18. The van der Waals surface area contributed by atoms with Crippen molar-refractivity contribution in [2.75, 3.05) is 7.05 Å². The molecule has 4 nitrogen and oxygen atoms in total. The SMILES string of the molecule is C[C@H]1C[C@H]2N(C)C(=O)CC[C@]2(C)[C@H]2CC[C@]3(C)[C@@H](C(=O)Oc4ccccc4F)CC[C@H]3[C@H]12. The monoisotopic (exact) mass is 441 g/mol. The standard InChI is InChI=1S/C27H36FNO3/c1-16-15-22-27(3,14-12-23(30)29(22)4)18-11-13-26(2)17(24(16)18)9-10-19(26)25(31)32-21-8-6-5-7-20(21)28/h5-8,16-19,22,24H,9-15H2,1-4H3/t16-,17-,18-,19+,22+,24-,26-,27+/m0/s1. The Balaban J connectivity index is 1.40. The summed E-state index contributed by atoms with van der Waals surface area (Å²) in [5.41, 5.74) is 0.0598. The van der Waals surface area contributed by atoms with Gasteiger partial charge in [-0.1, -0.05) is 32.9 Å². The summed E-state index contributed by atoms with van der Waals surface area (Å²) in [5, 5.41) is 0. The molecule has 1 heterocycles. The molecule has 1 aromatic rings. The number of para-hydroxylation sites is 1. The zero-order chi connectivity index (χ0) is 22.8. The van der Waals surface area contributed by atoms with E-state index in [2.05, 4.69) is 20.8 Å². The molecule has 0 spiro atoms. The van der Waals surface area contributed by atoms with Crippen molar-refractivity contribution in [2.24, 2.45) is 40.4 Å². The number of halogens is 1. The first-order valence-corrected chi connectivity index (χ1v) is 12.4. The molecule has 5 heteroatoms. The van der Waals surface area contributed by atoms with Crippen molar-refractivity contribution in [1.29, 1.82) is 0 Å². The van der Waals surface area contributed by atoms with Gasteiger partial charge in [-0.15, -0.1) is 0 Å². The molecule has 1 saturated heterocycles. The van der Waals surface area contributed by atoms with Gasteiger partial charge in [-0.3, -0.25) is 9.59 Å². The average molecular weight is 442 g/mol. The molecule has 174 valence electrons. The van der Waals surface area contributed by atoms with Crippen molar-refractivity contribution in [3.8, 4) is 5.75 Å². The van der Waals surface area contributed by atoms with Gasteiger partial charge in [0, 0.05) is 19.5 Å². The molecule has 8 atom stereocenters. The van der Waals surface area contributed by atoms with Crippen LogP contribution in [-0.4, -0.2) is 29.9 Å². The predicted octanol–water partition coefficient (Wildman–Crippen LogP) is 5.46. The highest BCUT2D eigenvalue weighted by molar-refractivity contribution is 5.78. The maximum Gasteiger partial charge on any atom is 0.314 e. The van der Waals surface area contributed by atoms with Gasteiger partial charge in [0.05, 0.1) is 5.92 Å². The minimum Gasteiger partial charge on any atom is -0.423 e. The number of nitrogens with zero attached hydrogens (tertiary/aromatic N) is 1. The minimum atomic E-state index is -0.486. The van der Waals surface area contributed by atoms with E-state index in [9.17, 15) is 14.0 Å². The van der Waals surface area contributed by atoms with Crippen LogP contribution in [0.25, 0.3) is 0 Å². The predicted molar refractivity (Wildman–Crippen MR) is 120 cm³/mol. The number of hydrogen-bond acceptors (Lipinski definition) is 3. The molecule has 5 rings (SSSR count). The highest BCUT2D eigenvalue weighted by Gasteiger charge is 2.64. The molecule has 0 bridgehead atoms. The van der Waals surface area contributed by atoms with Gasteiger partial charge in [0.1, 0.15) is 0 Å². The first-order chi connectivity index (χ1) is 15.2. The van der Waals surface area contributed by atoms with Crippen molar-refractivity contribution >= 4 is 11.9 Å². The Morgan fingerprint density at radius 2 is 1.81 bits per heavy atom. The van der Waals surface area contributed by atoms with Crippen LogP contribution in [0.5, 0.6) is 5.75 Å². The molecule has 1 aliphatic heterocycles. The van der Waals surface area contributed by atoms with Crippen LogP contribution in [0.4, 0.5) is 4.39 Å². The number of piperidine rings is 1. The van der Waals surface area contributed by atoms with Crippen molar-refractivity contribution in [3.05, 3.63) is 30.1 Å². The second-order valence-electron chi connectivity index (χ2n) is 11.6. The Morgan fingerprint density at radius 1 is 1.09 bits per heavy atom. The van der Waals surface area contributed by atoms with Gasteiger partial charge in [-0.05, 0) is 85.2 Å². The molecule has 32 heavy (non-hydrogen) atoms. The highest BCUT2D eigenvalue weighted by Crippen LogP contribution is 2.67. The van der Waals surface area contributed by atoms with Crippen molar-refractivity contribution in [3.63, 3.8) is 0 Å². The van der Waals surface area contributed by atoms with E-state index in [1.807, 2.05) is 11.9 Å². The third kappa shape index (κ3) is 3.06. The van der Waals surface area contributed by atoms with Crippen LogP contribution in [0, 0.1) is 46.2 Å². The number of amides is 1. The topological polar surface area (TPSA) is 46.6 Å². The number of likely N-dealkylation sites (tertiary alicyclic amines) is 1. The summed E-state index contributed by atoms with van der Waals surface area (Å²) < 4.78 is 19.7. The summed E-state index contributed by atoms with van der Waals surface area (Å²) in [6.07, 6.45) is 6.65. The zero-order valence-corrected chi connectivity index (χ0v) is 19.8. The van der Waals surface area contributed by atoms with Crippen LogP contribution in [0.2, 0.25) is 0 Å². The Morgan fingerprint density at radius 3 is 2.56 bits per heavy atom. The molecule has 0 N–H and O–H groups in total. The molecule has 1 amide bonds. The smallest absolute Gasteiger partial charge is 0.314 e. The van der Waals surface area contributed by atoms with Crippen LogP contribution in [0.15, 0.2) is 24.3 Å². The number of carbonyl (C=O) groups excluding carboxylic acids is 2. The van der Waals surface area contributed by atoms with Crippen molar-refractivity contribution in [2.45, 2.75) is 71.8 Å². The van der Waals surface area contributed by atoms with Crippen LogP contribution < -0.4 is 4.74 Å². The van der Waals surface area contributed by atoms with Crippen LogP contribution in [0.3, 0.4) is 0 Å². The van der Waals surface area contributed by atoms with E-state index in [1.54, 1.807) is 12.1 Å². The number of ether oxygens (including phenoxy) is 1. The normalized spacial score (nSPS) is 43.3. The maximum absolute atomic E-state index is 14.1. The molecule has 4 fully saturated rings. The van der Waals surface area contributed by atoms with Gasteiger partial charge in [-0.2, -0.15) is 0 Å². The Bertz CT molecular complexity index is 933. The fourth-order valence-electron chi connectivity index (χ4n) is 8.56. The first kappa shape index (κ1) is 21.9. The van der Waals surface area contributed by atoms with Gasteiger partial charge in [0.2, 0.25) is 5.91 Å². The molecular formula is C27H36FNO3. The number of rotatable bonds is 2. The second-order valence-corrected chi connectivity index (χ2v) is 11.6. The van der Waals surface area contributed by atoms with E-state index >= 15 is 0 Å². The molecule has 0 radical (unpaired) electrons. The summed E-state index contributed by atoms with van der Waals surface area (Å²) in [6, 6.07) is 6.50. The fourth-order valence-corrected chi connectivity index (χ4v) is 8.56. The molecule has 3 saturated carbocycles. The summed E-state index contributed by atoms with van der Waals surface area (Å²) >= 11 is 0. The zero-order valence-electron chi connectivity index (χ0n) is 19.8. The molecule has 4 aliphatic rings. The molecular weight excluding hydrogens is 405 g/mol. The lowest BCUT2D eigenvalue weighted by Crippen LogP contribution is -2.63. The maximum atomic E-state index is 14.1. The van der Waals surface area contributed by atoms with Gasteiger partial charge in [0.15, 0.2) is 11.6 Å². The summed E-state index contributed by atoms with van der Waals surface area (Å²) in [5.74, 6) is 1.56. The highest BCUT2D eigenvalue weighted by atomic mass is 19.1. The van der Waals surface area contributed by atoms with E-state index in [0.29, 0.717) is 36.1 Å². The van der Waals surface area contributed by atoms with Gasteiger partial charge in [-0.25, -0.2) is 4.39 Å². The Hall–Kier alpha value is -1.91. The largest absolute Gasteiger partial charge is 0.423 e. The summed E-state index contributed by atoms with van der Waals surface area (Å²) in [7, 11) is 1.99. The van der Waals surface area contributed by atoms with Gasteiger partial charge in [0.25, 0.3) is 0 Å². The lowest BCUT2D eigenvalue weighted by Gasteiger charge is -2.63. The molecule has 0 unspecified atom stereocenters. The van der Waals surface area contributed by atoms with E-state index in [0.717, 1.165) is 38.5 Å². The van der Waals surface area contributed by atoms with Crippen LogP contribution >= 0.6 is 0 Å². The molecule has 1 aromatic carbocycles. The number of esters is 1. The average Bonchev–Trinajstić information content (AvgIpc) is 3.11. The second kappa shape index (κ2) is 7.56. The summed E-state index contributed by atoms with van der Waals surface area (Å²) in [4.78, 5) is 27.7. The Labute approximate surface area is 190 Å². The van der Waals surface area contributed by atoms with E-state index in [4.69, 9.17) is 4.74 Å². The minimum absolute atomic E-state index is 0.0366. The number of carbonyl (C=O) groups is 2. The quantitative estimate of drug-likeness (QED) is 0.452.